The smallest absolute Gasteiger partial charge is 0.341 e. The van der Waals surface area contributed by atoms with E-state index in [-0.39, 0.29) is 24.3 Å². The first-order valence-electron chi connectivity index (χ1n) is 5.25. The number of carbonyl (C=O) groups excluding carboxylic acids is 1. The van der Waals surface area contributed by atoms with Crippen molar-refractivity contribution in [3.8, 4) is 5.75 Å². The lowest BCUT2D eigenvalue weighted by Crippen LogP contribution is -2.06. The van der Waals surface area contributed by atoms with Gasteiger partial charge < -0.3 is 14.9 Å². The van der Waals surface area contributed by atoms with Gasteiger partial charge in [0.2, 0.25) is 0 Å². The molecule has 1 rings (SSSR count). The van der Waals surface area contributed by atoms with E-state index in [0.29, 0.717) is 12.0 Å². The van der Waals surface area contributed by atoms with E-state index in [1.807, 2.05) is 0 Å². The zero-order valence-corrected chi connectivity index (χ0v) is 9.47. The summed E-state index contributed by atoms with van der Waals surface area (Å²) in [4.78, 5) is 21.9. The van der Waals surface area contributed by atoms with Crippen molar-refractivity contribution < 1.29 is 24.5 Å². The number of carboxylic acids is 1. The molecule has 0 unspecified atom stereocenters. The Morgan fingerprint density at radius 1 is 1.35 bits per heavy atom. The van der Waals surface area contributed by atoms with Gasteiger partial charge in [0.15, 0.2) is 0 Å². The molecule has 0 aliphatic heterocycles. The highest BCUT2D eigenvalue weighted by Gasteiger charge is 2.13. The van der Waals surface area contributed by atoms with E-state index in [1.54, 1.807) is 13.0 Å². The van der Waals surface area contributed by atoms with Gasteiger partial charge in [0.25, 0.3) is 0 Å². The molecule has 1 aromatic carbocycles. The first-order chi connectivity index (χ1) is 8.04. The van der Waals surface area contributed by atoms with Gasteiger partial charge in [0.05, 0.1) is 6.61 Å². The summed E-state index contributed by atoms with van der Waals surface area (Å²) >= 11 is 0. The molecule has 0 fully saturated rings. The summed E-state index contributed by atoms with van der Waals surface area (Å²) in [6.07, 6.45) is 0.287. The number of phenolic OH excluding ortho intramolecular Hbond substituents is 1. The number of aromatic hydroxyl groups is 1. The van der Waals surface area contributed by atoms with Gasteiger partial charge in [-0.1, -0.05) is 6.07 Å². The van der Waals surface area contributed by atoms with E-state index in [0.717, 1.165) is 0 Å². The van der Waals surface area contributed by atoms with Crippen LogP contribution in [0.1, 0.15) is 29.3 Å². The van der Waals surface area contributed by atoms with Crippen LogP contribution in [-0.2, 0) is 16.0 Å². The van der Waals surface area contributed by atoms with Crippen molar-refractivity contribution in [3.63, 3.8) is 0 Å². The van der Waals surface area contributed by atoms with Gasteiger partial charge in [-0.05, 0) is 31.0 Å². The van der Waals surface area contributed by atoms with Crippen LogP contribution in [0.25, 0.3) is 0 Å². The molecule has 0 radical (unpaired) electrons. The number of carbonyl (C=O) groups is 2. The lowest BCUT2D eigenvalue weighted by atomic mass is 10.1. The molecule has 2 N–H and O–H groups in total. The van der Waals surface area contributed by atoms with Crippen LogP contribution >= 0.6 is 0 Å². The molecule has 0 spiro atoms. The number of carboxylic acid groups (broad SMARTS) is 1. The summed E-state index contributed by atoms with van der Waals surface area (Å²) in [5.74, 6) is -1.68. The second-order valence-electron chi connectivity index (χ2n) is 3.47. The van der Waals surface area contributed by atoms with Gasteiger partial charge in [0.1, 0.15) is 11.3 Å². The zero-order valence-electron chi connectivity index (χ0n) is 9.47. The number of hydrogen-bond acceptors (Lipinski definition) is 4. The Labute approximate surface area is 98.6 Å². The van der Waals surface area contributed by atoms with Crippen LogP contribution in [0.15, 0.2) is 18.2 Å². The number of aryl methyl sites for hydroxylation is 1. The normalized spacial score (nSPS) is 9.94. The van der Waals surface area contributed by atoms with Gasteiger partial charge in [-0.2, -0.15) is 0 Å². The molecule has 0 saturated carbocycles. The molecule has 0 aliphatic carbocycles. The molecular formula is C12H14O5. The van der Waals surface area contributed by atoms with Gasteiger partial charge in [-0.3, -0.25) is 4.79 Å². The maximum atomic E-state index is 11.5. The average molecular weight is 238 g/mol. The van der Waals surface area contributed by atoms with Crippen molar-refractivity contribution in [2.45, 2.75) is 19.8 Å². The fourth-order valence-corrected chi connectivity index (χ4v) is 1.36. The number of ether oxygens (including phenoxy) is 1. The number of hydrogen-bond donors (Lipinski definition) is 2. The summed E-state index contributed by atoms with van der Waals surface area (Å²) in [7, 11) is 0. The largest absolute Gasteiger partial charge is 0.507 e. The third kappa shape index (κ3) is 3.79. The minimum Gasteiger partial charge on any atom is -0.507 e. The number of esters is 1. The van der Waals surface area contributed by atoms with Crippen molar-refractivity contribution in [2.75, 3.05) is 6.61 Å². The minimum atomic E-state index is -0.907. The Hall–Kier alpha value is -2.04. The van der Waals surface area contributed by atoms with E-state index in [4.69, 9.17) is 9.84 Å². The number of rotatable bonds is 5. The van der Waals surface area contributed by atoms with Gasteiger partial charge >= 0.3 is 11.9 Å². The van der Waals surface area contributed by atoms with E-state index in [2.05, 4.69) is 0 Å². The number of phenols is 1. The van der Waals surface area contributed by atoms with Crippen molar-refractivity contribution in [1.82, 2.24) is 0 Å². The Morgan fingerprint density at radius 2 is 2.06 bits per heavy atom. The van der Waals surface area contributed by atoms with Crippen molar-refractivity contribution in [2.24, 2.45) is 0 Å². The fourth-order valence-electron chi connectivity index (χ4n) is 1.36. The molecule has 0 bridgehead atoms. The highest BCUT2D eigenvalue weighted by molar-refractivity contribution is 5.92. The van der Waals surface area contributed by atoms with Crippen LogP contribution in [-0.4, -0.2) is 28.8 Å². The Bertz CT molecular complexity index is 425. The van der Waals surface area contributed by atoms with E-state index >= 15 is 0 Å². The van der Waals surface area contributed by atoms with Crippen LogP contribution < -0.4 is 0 Å². The number of aliphatic carboxylic acids is 1. The standard InChI is InChI=1S/C12H14O5/c1-2-17-12(16)9-7-8(3-5-10(9)13)4-6-11(14)15/h3,5,7,13H,2,4,6H2,1H3,(H,14,15). The summed E-state index contributed by atoms with van der Waals surface area (Å²) in [6, 6.07) is 4.40. The average Bonchev–Trinajstić information content (AvgIpc) is 2.28. The fraction of sp³-hybridized carbons (Fsp3) is 0.333. The molecule has 0 heterocycles. The topological polar surface area (TPSA) is 83.8 Å². The first-order valence-corrected chi connectivity index (χ1v) is 5.25. The maximum absolute atomic E-state index is 11.5. The predicted octanol–water partition coefficient (Wildman–Crippen LogP) is 1.59. The molecule has 92 valence electrons. The molecule has 0 aliphatic rings. The molecule has 0 aromatic heterocycles. The molecular weight excluding hydrogens is 224 g/mol. The molecule has 0 saturated heterocycles. The van der Waals surface area contributed by atoms with Crippen LogP contribution in [0.3, 0.4) is 0 Å². The molecule has 1 aromatic rings. The van der Waals surface area contributed by atoms with Crippen LogP contribution in [0, 0.1) is 0 Å². The summed E-state index contributed by atoms with van der Waals surface area (Å²) in [5, 5.41) is 18.0. The Kier molecular flexibility index (Phi) is 4.51. The van der Waals surface area contributed by atoms with Crippen molar-refractivity contribution in [1.29, 1.82) is 0 Å². The first kappa shape index (κ1) is 13.0. The highest BCUT2D eigenvalue weighted by atomic mass is 16.5. The summed E-state index contributed by atoms with van der Waals surface area (Å²) in [6.45, 7) is 1.89. The molecule has 5 heteroatoms. The third-order valence-electron chi connectivity index (χ3n) is 2.18. The van der Waals surface area contributed by atoms with Gasteiger partial charge in [-0.15, -0.1) is 0 Å². The lowest BCUT2D eigenvalue weighted by molar-refractivity contribution is -0.136. The molecule has 5 nitrogen and oxygen atoms in total. The zero-order chi connectivity index (χ0) is 12.8. The molecule has 0 atom stereocenters. The van der Waals surface area contributed by atoms with E-state index in [9.17, 15) is 14.7 Å². The van der Waals surface area contributed by atoms with E-state index < -0.39 is 11.9 Å². The Morgan fingerprint density at radius 3 is 2.65 bits per heavy atom. The van der Waals surface area contributed by atoms with Crippen molar-refractivity contribution >= 4 is 11.9 Å². The summed E-state index contributed by atoms with van der Waals surface area (Å²) in [5.41, 5.74) is 0.739. The van der Waals surface area contributed by atoms with Crippen LogP contribution in [0.2, 0.25) is 0 Å². The minimum absolute atomic E-state index is 0.0208. The lowest BCUT2D eigenvalue weighted by Gasteiger charge is -2.06. The molecule has 17 heavy (non-hydrogen) atoms. The maximum Gasteiger partial charge on any atom is 0.341 e. The highest BCUT2D eigenvalue weighted by Crippen LogP contribution is 2.20. The SMILES string of the molecule is CCOC(=O)c1cc(CCC(=O)O)ccc1O. The number of benzene rings is 1. The van der Waals surface area contributed by atoms with Crippen LogP contribution in [0.4, 0.5) is 0 Å². The summed E-state index contributed by atoms with van der Waals surface area (Å²) < 4.78 is 4.77. The van der Waals surface area contributed by atoms with E-state index in [1.165, 1.54) is 12.1 Å². The quantitative estimate of drug-likeness (QED) is 0.761. The van der Waals surface area contributed by atoms with Crippen LogP contribution in [0.5, 0.6) is 5.75 Å². The monoisotopic (exact) mass is 238 g/mol. The second kappa shape index (κ2) is 5.89. The third-order valence-corrected chi connectivity index (χ3v) is 2.18. The Balaban J connectivity index is 2.86. The van der Waals surface area contributed by atoms with Gasteiger partial charge in [0, 0.05) is 6.42 Å². The second-order valence-corrected chi connectivity index (χ2v) is 3.47. The van der Waals surface area contributed by atoms with Gasteiger partial charge in [-0.25, -0.2) is 4.79 Å². The predicted molar refractivity (Wildman–Crippen MR) is 60.0 cm³/mol. The molecule has 0 amide bonds. The van der Waals surface area contributed by atoms with Crippen molar-refractivity contribution in [3.05, 3.63) is 29.3 Å².